The third kappa shape index (κ3) is 3.04. The number of aromatic nitrogens is 4. The van der Waals surface area contributed by atoms with E-state index in [0.717, 1.165) is 0 Å². The molecule has 3 rings (SSSR count). The molecule has 12 nitrogen and oxygen atoms in total. The van der Waals surface area contributed by atoms with Crippen molar-refractivity contribution in [2.45, 2.75) is 0 Å². The van der Waals surface area contributed by atoms with E-state index < -0.39 is 11.4 Å². The van der Waals surface area contributed by atoms with Crippen LogP contribution in [0.3, 0.4) is 0 Å². The topological polar surface area (TPSA) is 233 Å². The van der Waals surface area contributed by atoms with Gasteiger partial charge in [0.2, 0.25) is 0 Å². The number of rotatable bonds is 1. The van der Waals surface area contributed by atoms with Gasteiger partial charge in [-0.1, -0.05) is 6.58 Å². The minimum absolute atomic E-state index is 0.00230. The lowest BCUT2D eigenvalue weighted by atomic mass is 9.92. The van der Waals surface area contributed by atoms with Gasteiger partial charge in [-0.25, -0.2) is 24.9 Å². The Morgan fingerprint density at radius 3 is 1.52 bits per heavy atom. The molecule has 1 aliphatic rings. The molecule has 2 N–H and O–H groups in total. The molecule has 0 aliphatic heterocycles. The quantitative estimate of drug-likeness (QED) is 0.645. The zero-order chi connectivity index (χ0) is 22.7. The van der Waals surface area contributed by atoms with Crippen molar-refractivity contribution in [3.05, 3.63) is 52.1 Å². The Morgan fingerprint density at radius 2 is 1.10 bits per heavy atom. The number of hydrogen-bond donors (Lipinski definition) is 1. The zero-order valence-corrected chi connectivity index (χ0v) is 15.2. The minimum atomic E-state index is -0.485. The molecule has 1 aliphatic carbocycles. The van der Waals surface area contributed by atoms with E-state index in [-0.39, 0.29) is 56.8 Å². The molecular weight excluding hydrogens is 396 g/mol. The summed E-state index contributed by atoms with van der Waals surface area (Å²) in [6, 6.07) is 10.2. The molecular formula is C19H4N12. The molecule has 0 atom stereocenters. The number of hydrogen-bond acceptors (Lipinski definition) is 12. The highest BCUT2D eigenvalue weighted by Crippen LogP contribution is 2.36. The molecule has 2 aromatic rings. The average molecular weight is 400 g/mol. The van der Waals surface area contributed by atoms with Crippen LogP contribution in [0.25, 0.3) is 17.0 Å². The molecule has 0 aromatic carbocycles. The van der Waals surface area contributed by atoms with Gasteiger partial charge in [-0.3, -0.25) is 0 Å². The van der Waals surface area contributed by atoms with Crippen LogP contribution >= 0.6 is 0 Å². The molecule has 31 heavy (non-hydrogen) atoms. The van der Waals surface area contributed by atoms with Crippen LogP contribution in [-0.4, -0.2) is 25.6 Å². The van der Waals surface area contributed by atoms with E-state index in [1.807, 2.05) is 0 Å². The summed E-state index contributed by atoms with van der Waals surface area (Å²) in [5.74, 6) is 0. The lowest BCUT2D eigenvalue weighted by Crippen LogP contribution is -2.21. The Hall–Kier alpha value is -5.95. The molecule has 140 valence electrons. The third-order valence-electron chi connectivity index (χ3n) is 3.94. The van der Waals surface area contributed by atoms with Crippen molar-refractivity contribution in [1.82, 2.24) is 19.9 Å². The second kappa shape index (κ2) is 7.58. The SMILES string of the molecule is C=C1C(=N/C(C#N)=C(\N)C#N)c2nc(C#N)c(C#N)nc2-c2nc(C#N)c(C#N)nc21. The number of allylic oxidation sites excluding steroid dienone is 3. The third-order valence-corrected chi connectivity index (χ3v) is 3.94. The first-order valence-electron chi connectivity index (χ1n) is 7.97. The van der Waals surface area contributed by atoms with Gasteiger partial charge in [-0.2, -0.15) is 31.6 Å². The van der Waals surface area contributed by atoms with Crippen molar-refractivity contribution in [3.63, 3.8) is 0 Å². The predicted molar refractivity (Wildman–Crippen MR) is 99.9 cm³/mol. The van der Waals surface area contributed by atoms with E-state index >= 15 is 0 Å². The number of nitriles is 6. The molecule has 0 unspecified atom stereocenters. The average Bonchev–Trinajstić information content (AvgIpc) is 2.81. The largest absolute Gasteiger partial charge is 0.388 e. The molecule has 0 saturated heterocycles. The van der Waals surface area contributed by atoms with Gasteiger partial charge in [0.15, 0.2) is 28.5 Å². The fourth-order valence-electron chi connectivity index (χ4n) is 2.57. The smallest absolute Gasteiger partial charge is 0.177 e. The summed E-state index contributed by atoms with van der Waals surface area (Å²) in [4.78, 5) is 20.4. The summed E-state index contributed by atoms with van der Waals surface area (Å²) < 4.78 is 0. The Kier molecular flexibility index (Phi) is 4.84. The molecule has 0 radical (unpaired) electrons. The van der Waals surface area contributed by atoms with Crippen LogP contribution in [0.4, 0.5) is 0 Å². The molecule has 0 amide bonds. The maximum Gasteiger partial charge on any atom is 0.177 e. The number of nitrogens with two attached hydrogens (primary N) is 1. The summed E-state index contributed by atoms with van der Waals surface area (Å²) in [7, 11) is 0. The lowest BCUT2D eigenvalue weighted by Gasteiger charge is -2.21. The van der Waals surface area contributed by atoms with Crippen LogP contribution in [0.2, 0.25) is 0 Å². The van der Waals surface area contributed by atoms with Gasteiger partial charge < -0.3 is 5.73 Å². The van der Waals surface area contributed by atoms with Gasteiger partial charge in [0, 0.05) is 5.57 Å². The van der Waals surface area contributed by atoms with Crippen LogP contribution < -0.4 is 5.73 Å². The predicted octanol–water partition coefficient (Wildman–Crippen LogP) is 0.454. The highest BCUT2D eigenvalue weighted by atomic mass is 15.0. The van der Waals surface area contributed by atoms with E-state index in [4.69, 9.17) is 11.0 Å². The van der Waals surface area contributed by atoms with E-state index in [0.29, 0.717) is 0 Å². The summed E-state index contributed by atoms with van der Waals surface area (Å²) in [6.07, 6.45) is 0. The first-order valence-corrected chi connectivity index (χ1v) is 7.97. The van der Waals surface area contributed by atoms with Crippen molar-refractivity contribution in [2.75, 3.05) is 0 Å². The molecule has 0 saturated carbocycles. The molecule has 2 aromatic heterocycles. The second-order valence-electron chi connectivity index (χ2n) is 5.61. The van der Waals surface area contributed by atoms with Gasteiger partial charge >= 0.3 is 0 Å². The Bertz CT molecular complexity index is 1510. The van der Waals surface area contributed by atoms with Crippen molar-refractivity contribution >= 4 is 11.3 Å². The van der Waals surface area contributed by atoms with Crippen LogP contribution in [0.15, 0.2) is 23.0 Å². The van der Waals surface area contributed by atoms with Gasteiger partial charge in [0.25, 0.3) is 0 Å². The maximum absolute atomic E-state index is 9.31. The molecule has 0 spiro atoms. The summed E-state index contributed by atoms with van der Waals surface area (Å²) in [5.41, 5.74) is 3.06. The number of fused-ring (bicyclic) bond motifs is 3. The Morgan fingerprint density at radius 1 is 0.677 bits per heavy atom. The van der Waals surface area contributed by atoms with Crippen LogP contribution in [-0.2, 0) is 0 Å². The van der Waals surface area contributed by atoms with Gasteiger partial charge in [-0.05, 0) is 0 Å². The Balaban J connectivity index is 2.52. The fourth-order valence-corrected chi connectivity index (χ4v) is 2.57. The van der Waals surface area contributed by atoms with Gasteiger partial charge in [0.05, 0.1) is 0 Å². The van der Waals surface area contributed by atoms with Crippen LogP contribution in [0.5, 0.6) is 0 Å². The standard InChI is InChI=1S/C19H4N12/c1-8-15(27-10(3-21)9(26)2-20)17-19(31-14(7-25)13(6-24)30-17)18-16(8)28-11(4-22)12(5-23)29-18/h1,26H2/b10-9-,27-15?. The van der Waals surface area contributed by atoms with Crippen molar-refractivity contribution in [1.29, 1.82) is 31.6 Å². The fraction of sp³-hybridized carbons (Fsp3) is 0. The Labute approximate surface area is 174 Å². The molecule has 12 heteroatoms. The van der Waals surface area contributed by atoms with Gasteiger partial charge in [-0.15, -0.1) is 0 Å². The first-order chi connectivity index (χ1) is 14.9. The highest BCUT2D eigenvalue weighted by Gasteiger charge is 2.33. The molecule has 2 heterocycles. The minimum Gasteiger partial charge on any atom is -0.388 e. The first kappa shape index (κ1) is 19.8. The maximum atomic E-state index is 9.31. The van der Waals surface area contributed by atoms with Crippen LogP contribution in [0, 0.1) is 68.0 Å². The number of aliphatic imine (C=N–C) groups is 1. The van der Waals surface area contributed by atoms with Crippen LogP contribution in [0.1, 0.15) is 34.2 Å². The second-order valence-corrected chi connectivity index (χ2v) is 5.61. The molecule has 0 bridgehead atoms. The van der Waals surface area contributed by atoms with Crippen molar-refractivity contribution in [2.24, 2.45) is 10.7 Å². The lowest BCUT2D eigenvalue weighted by molar-refractivity contribution is 1.05. The van der Waals surface area contributed by atoms with E-state index in [9.17, 15) is 26.3 Å². The normalized spacial score (nSPS) is 13.1. The van der Waals surface area contributed by atoms with E-state index in [1.165, 1.54) is 0 Å². The van der Waals surface area contributed by atoms with Gasteiger partial charge in [0.1, 0.15) is 70.6 Å². The van der Waals surface area contributed by atoms with Crippen molar-refractivity contribution < 1.29 is 0 Å². The van der Waals surface area contributed by atoms with E-state index in [1.54, 1.807) is 36.4 Å². The summed E-state index contributed by atoms with van der Waals surface area (Å²) in [6.45, 7) is 3.84. The summed E-state index contributed by atoms with van der Waals surface area (Å²) >= 11 is 0. The highest BCUT2D eigenvalue weighted by molar-refractivity contribution is 6.35. The van der Waals surface area contributed by atoms with E-state index in [2.05, 4.69) is 31.5 Å². The molecule has 0 fully saturated rings. The van der Waals surface area contributed by atoms with Crippen molar-refractivity contribution in [3.8, 4) is 47.8 Å². The number of nitrogens with zero attached hydrogens (tertiary/aromatic N) is 11. The monoisotopic (exact) mass is 400 g/mol. The summed E-state index contributed by atoms with van der Waals surface area (Å²) in [5, 5.41) is 55.4. The zero-order valence-electron chi connectivity index (χ0n) is 15.2.